The van der Waals surface area contributed by atoms with Gasteiger partial charge in [0.25, 0.3) is 5.97 Å². The fourth-order valence-electron chi connectivity index (χ4n) is 4.09. The second-order valence-electron chi connectivity index (χ2n) is 8.56. The highest BCUT2D eigenvalue weighted by Gasteiger charge is 2.39. The summed E-state index contributed by atoms with van der Waals surface area (Å²) in [6.07, 6.45) is -2.29. The van der Waals surface area contributed by atoms with Gasteiger partial charge in [0.1, 0.15) is 0 Å². The normalized spacial score (nSPS) is 13.9. The molecule has 198 valence electrons. The number of aliphatic hydroxyl groups is 1. The number of unbranched alkanes of at least 4 members (excludes halogenated alkanes) is 5. The van der Waals surface area contributed by atoms with Gasteiger partial charge >= 0.3 is 12.4 Å². The molecule has 0 heterocycles. The van der Waals surface area contributed by atoms with Crippen LogP contribution >= 0.6 is 0 Å². The summed E-state index contributed by atoms with van der Waals surface area (Å²) in [5, 5.41) is 11.0. The smallest absolute Gasteiger partial charge is 0.343 e. The van der Waals surface area contributed by atoms with Crippen LogP contribution in [0.4, 0.5) is 26.3 Å². The Bertz CT molecular complexity index is 665. The van der Waals surface area contributed by atoms with E-state index in [0.717, 1.165) is 50.7 Å². The largest absolute Gasteiger partial charge is 0.416 e. The van der Waals surface area contributed by atoms with Crippen molar-refractivity contribution in [2.75, 3.05) is 13.2 Å². The minimum absolute atomic E-state index is 0.00826. The van der Waals surface area contributed by atoms with Gasteiger partial charge in [-0.3, -0.25) is 0 Å². The Hall–Kier alpha value is -1.32. The highest BCUT2D eigenvalue weighted by molar-refractivity contribution is 5.33. The van der Waals surface area contributed by atoms with Crippen LogP contribution in [0, 0.1) is 5.92 Å². The van der Waals surface area contributed by atoms with E-state index in [0.29, 0.717) is 12.8 Å². The molecule has 0 aliphatic rings. The Morgan fingerprint density at radius 1 is 0.706 bits per heavy atom. The number of benzene rings is 1. The Labute approximate surface area is 198 Å². The first kappa shape index (κ1) is 30.7. The van der Waals surface area contributed by atoms with Gasteiger partial charge in [-0.1, -0.05) is 45.4 Å². The number of aryl methyl sites for hydroxylation is 1. The first-order valence-corrected chi connectivity index (χ1v) is 12.2. The molecule has 1 aromatic rings. The summed E-state index contributed by atoms with van der Waals surface area (Å²) < 4.78 is 89.8. The van der Waals surface area contributed by atoms with Gasteiger partial charge in [0, 0.05) is 19.1 Å². The molecule has 0 fully saturated rings. The van der Waals surface area contributed by atoms with Crippen LogP contribution in [0.3, 0.4) is 0 Å². The fourth-order valence-corrected chi connectivity index (χ4v) is 4.09. The van der Waals surface area contributed by atoms with E-state index in [4.69, 9.17) is 9.47 Å². The maximum atomic E-state index is 13.1. The quantitative estimate of drug-likeness (QED) is 0.141. The molecule has 1 N–H and O–H groups in total. The van der Waals surface area contributed by atoms with E-state index >= 15 is 0 Å². The number of rotatable bonds is 16. The molecular formula is C25H38F6O3. The van der Waals surface area contributed by atoms with E-state index < -0.39 is 35.4 Å². The van der Waals surface area contributed by atoms with E-state index in [9.17, 15) is 31.4 Å². The van der Waals surface area contributed by atoms with Gasteiger partial charge in [-0.25, -0.2) is 0 Å². The molecule has 9 heteroatoms. The second kappa shape index (κ2) is 14.3. The summed E-state index contributed by atoms with van der Waals surface area (Å²) >= 11 is 0. The van der Waals surface area contributed by atoms with Crippen LogP contribution in [0.25, 0.3) is 0 Å². The summed E-state index contributed by atoms with van der Waals surface area (Å²) in [7, 11) is 0. The van der Waals surface area contributed by atoms with Crippen molar-refractivity contribution in [3.05, 3.63) is 34.9 Å². The second-order valence-corrected chi connectivity index (χ2v) is 8.56. The van der Waals surface area contributed by atoms with Crippen LogP contribution in [-0.2, 0) is 28.2 Å². The van der Waals surface area contributed by atoms with Crippen molar-refractivity contribution in [2.24, 2.45) is 5.92 Å². The zero-order valence-electron chi connectivity index (χ0n) is 20.3. The molecule has 0 bridgehead atoms. The van der Waals surface area contributed by atoms with Crippen molar-refractivity contribution < 1.29 is 40.9 Å². The molecule has 0 aliphatic heterocycles. The maximum Gasteiger partial charge on any atom is 0.416 e. The van der Waals surface area contributed by atoms with Gasteiger partial charge in [0.2, 0.25) is 0 Å². The molecule has 0 aliphatic carbocycles. The first-order chi connectivity index (χ1) is 15.9. The van der Waals surface area contributed by atoms with Crippen molar-refractivity contribution in [1.82, 2.24) is 0 Å². The highest BCUT2D eigenvalue weighted by Crippen LogP contribution is 2.37. The summed E-state index contributed by atoms with van der Waals surface area (Å²) in [6.45, 7) is 5.96. The number of hydrogen-bond acceptors (Lipinski definition) is 3. The van der Waals surface area contributed by atoms with Crippen LogP contribution in [0.5, 0.6) is 0 Å². The topological polar surface area (TPSA) is 38.7 Å². The highest BCUT2D eigenvalue weighted by atomic mass is 19.4. The lowest BCUT2D eigenvalue weighted by Gasteiger charge is -2.35. The Morgan fingerprint density at radius 2 is 1.18 bits per heavy atom. The summed E-state index contributed by atoms with van der Waals surface area (Å²) in [5.41, 5.74) is -2.68. The Morgan fingerprint density at radius 3 is 1.65 bits per heavy atom. The molecule has 0 aromatic heterocycles. The van der Waals surface area contributed by atoms with E-state index in [2.05, 4.69) is 6.92 Å². The Kier molecular flexibility index (Phi) is 12.9. The summed E-state index contributed by atoms with van der Waals surface area (Å²) in [5.74, 6) is -2.29. The zero-order valence-corrected chi connectivity index (χ0v) is 20.3. The van der Waals surface area contributed by atoms with Crippen molar-refractivity contribution in [3.63, 3.8) is 0 Å². The third-order valence-corrected chi connectivity index (χ3v) is 5.79. The SMILES string of the molecule is CCCCCCCCC(CCCc1cc(C(F)(F)F)cc(C(F)(F)F)c1)C(O)(OCC)OCC. The van der Waals surface area contributed by atoms with Crippen LogP contribution in [-0.4, -0.2) is 24.3 Å². The molecule has 3 nitrogen and oxygen atoms in total. The van der Waals surface area contributed by atoms with Gasteiger partial charge < -0.3 is 14.6 Å². The first-order valence-electron chi connectivity index (χ1n) is 12.2. The summed E-state index contributed by atoms with van der Waals surface area (Å²) in [6, 6.07) is 1.65. The number of alkyl halides is 6. The zero-order chi connectivity index (χ0) is 25.8. The van der Waals surface area contributed by atoms with Crippen LogP contribution < -0.4 is 0 Å². The molecule has 0 spiro atoms. The van der Waals surface area contributed by atoms with Crippen molar-refractivity contribution in [1.29, 1.82) is 0 Å². The molecule has 1 aromatic carbocycles. The van der Waals surface area contributed by atoms with Gasteiger partial charge in [-0.2, -0.15) is 26.3 Å². The Balaban J connectivity index is 2.94. The lowest BCUT2D eigenvalue weighted by molar-refractivity contribution is -0.385. The third-order valence-electron chi connectivity index (χ3n) is 5.79. The monoisotopic (exact) mass is 500 g/mol. The maximum absolute atomic E-state index is 13.1. The van der Waals surface area contributed by atoms with Crippen LogP contribution in [0.15, 0.2) is 18.2 Å². The molecule has 0 amide bonds. The van der Waals surface area contributed by atoms with E-state index in [1.165, 1.54) is 0 Å². The van der Waals surface area contributed by atoms with E-state index in [1.54, 1.807) is 13.8 Å². The molecule has 34 heavy (non-hydrogen) atoms. The summed E-state index contributed by atoms with van der Waals surface area (Å²) in [4.78, 5) is 0. The molecule has 0 saturated carbocycles. The van der Waals surface area contributed by atoms with Gasteiger partial charge in [-0.05, 0) is 63.3 Å². The lowest BCUT2D eigenvalue weighted by atomic mass is 9.91. The van der Waals surface area contributed by atoms with E-state index in [-0.39, 0.29) is 37.7 Å². The van der Waals surface area contributed by atoms with Gasteiger partial charge in [0.05, 0.1) is 11.1 Å². The molecule has 1 rings (SSSR count). The molecule has 0 radical (unpaired) electrons. The predicted molar refractivity (Wildman–Crippen MR) is 119 cm³/mol. The number of halogens is 6. The molecule has 1 atom stereocenters. The molecule has 0 saturated heterocycles. The average Bonchev–Trinajstić information content (AvgIpc) is 2.73. The van der Waals surface area contributed by atoms with Crippen molar-refractivity contribution in [2.45, 2.75) is 103 Å². The minimum atomic E-state index is -4.87. The van der Waals surface area contributed by atoms with Crippen molar-refractivity contribution >= 4 is 0 Å². The third kappa shape index (κ3) is 10.5. The number of hydrogen-bond donors (Lipinski definition) is 1. The molecule has 1 unspecified atom stereocenters. The van der Waals surface area contributed by atoms with Crippen molar-refractivity contribution in [3.8, 4) is 0 Å². The van der Waals surface area contributed by atoms with Gasteiger partial charge in [-0.15, -0.1) is 0 Å². The van der Waals surface area contributed by atoms with Crippen LogP contribution in [0.2, 0.25) is 0 Å². The lowest BCUT2D eigenvalue weighted by Crippen LogP contribution is -2.44. The molecular weight excluding hydrogens is 462 g/mol. The minimum Gasteiger partial charge on any atom is -0.343 e. The van der Waals surface area contributed by atoms with Crippen LogP contribution in [0.1, 0.15) is 95.2 Å². The average molecular weight is 501 g/mol. The fraction of sp³-hybridized carbons (Fsp3) is 0.760. The van der Waals surface area contributed by atoms with Gasteiger partial charge in [0.15, 0.2) is 0 Å². The number of ether oxygens (including phenoxy) is 2. The van der Waals surface area contributed by atoms with E-state index in [1.807, 2.05) is 0 Å². The standard InChI is InChI=1S/C25H38F6O3/c1-4-7-8-9-10-11-14-20(25(32,33-5-2)34-6-3)15-12-13-19-16-21(23(26,27)28)18-22(17-19)24(29,30)31/h16-18,20,32H,4-15H2,1-3H3. The predicted octanol–water partition coefficient (Wildman–Crippen LogP) is 8.13.